The van der Waals surface area contributed by atoms with Crippen molar-refractivity contribution in [3.63, 3.8) is 0 Å². The van der Waals surface area contributed by atoms with Crippen molar-refractivity contribution in [2.45, 2.75) is 12.5 Å². The fourth-order valence-electron chi connectivity index (χ4n) is 3.15. The zero-order valence-corrected chi connectivity index (χ0v) is 16.9. The Balaban J connectivity index is 1.75. The van der Waals surface area contributed by atoms with E-state index in [-0.39, 0.29) is 0 Å². The summed E-state index contributed by atoms with van der Waals surface area (Å²) in [5.41, 5.74) is -0.449. The standard InChI is InChI=1S/C20H20ClN3O5/c1-20(13-6-4-5-7-14(13)21)18(26)24(19(27)23-20)11-17(25)22-12-8-9-15(28-2)16(10-12)29-3/h4-10H,11H2,1-3H3,(H,22,25)(H,23,27). The van der Waals surface area contributed by atoms with Gasteiger partial charge in [0.1, 0.15) is 12.1 Å². The van der Waals surface area contributed by atoms with Crippen molar-refractivity contribution in [3.05, 3.63) is 53.1 Å². The first-order valence-corrected chi connectivity index (χ1v) is 9.09. The summed E-state index contributed by atoms with van der Waals surface area (Å²) in [7, 11) is 2.98. The number of carbonyl (C=O) groups is 3. The first-order valence-electron chi connectivity index (χ1n) is 8.71. The smallest absolute Gasteiger partial charge is 0.325 e. The summed E-state index contributed by atoms with van der Waals surface area (Å²) in [5.74, 6) is -0.149. The average molecular weight is 418 g/mol. The molecule has 2 aromatic carbocycles. The normalized spacial score (nSPS) is 18.4. The Morgan fingerprint density at radius 1 is 1.14 bits per heavy atom. The van der Waals surface area contributed by atoms with Gasteiger partial charge in [-0.25, -0.2) is 4.79 Å². The van der Waals surface area contributed by atoms with Crippen LogP contribution in [-0.2, 0) is 15.1 Å². The first kappa shape index (κ1) is 20.5. The molecule has 0 saturated carbocycles. The largest absolute Gasteiger partial charge is 0.493 e. The van der Waals surface area contributed by atoms with E-state index in [1.54, 1.807) is 49.4 Å². The quantitative estimate of drug-likeness (QED) is 0.704. The van der Waals surface area contributed by atoms with Crippen LogP contribution < -0.4 is 20.1 Å². The molecule has 1 fully saturated rings. The second kappa shape index (κ2) is 8.00. The van der Waals surface area contributed by atoms with Gasteiger partial charge in [0, 0.05) is 22.3 Å². The van der Waals surface area contributed by atoms with Crippen molar-refractivity contribution in [2.75, 3.05) is 26.1 Å². The number of anilines is 1. The number of urea groups is 1. The third kappa shape index (κ3) is 3.84. The molecule has 0 radical (unpaired) electrons. The lowest BCUT2D eigenvalue weighted by atomic mass is 9.92. The molecule has 0 spiro atoms. The number of hydrogen-bond donors (Lipinski definition) is 2. The van der Waals surface area contributed by atoms with Crippen molar-refractivity contribution in [1.82, 2.24) is 10.2 Å². The number of benzene rings is 2. The number of ether oxygens (including phenoxy) is 2. The van der Waals surface area contributed by atoms with Gasteiger partial charge in [0.05, 0.1) is 14.2 Å². The fraction of sp³-hybridized carbons (Fsp3) is 0.250. The highest BCUT2D eigenvalue weighted by Gasteiger charge is 2.50. The van der Waals surface area contributed by atoms with Crippen LogP contribution in [-0.4, -0.2) is 43.5 Å². The number of amides is 4. The molecule has 1 atom stereocenters. The topological polar surface area (TPSA) is 97.0 Å². The van der Waals surface area contributed by atoms with Crippen molar-refractivity contribution >= 4 is 35.1 Å². The molecular formula is C20H20ClN3O5. The van der Waals surface area contributed by atoms with Gasteiger partial charge in [-0.15, -0.1) is 0 Å². The van der Waals surface area contributed by atoms with Crippen molar-refractivity contribution in [3.8, 4) is 11.5 Å². The number of imide groups is 1. The Labute approximate surface area is 172 Å². The summed E-state index contributed by atoms with van der Waals surface area (Å²) in [6, 6.07) is 10.9. The Bertz CT molecular complexity index is 980. The number of halogens is 1. The molecule has 152 valence electrons. The van der Waals surface area contributed by atoms with Gasteiger partial charge in [0.15, 0.2) is 11.5 Å². The number of hydrogen-bond acceptors (Lipinski definition) is 5. The molecule has 2 aromatic rings. The number of carbonyl (C=O) groups excluding carboxylic acids is 3. The van der Waals surface area contributed by atoms with Crippen LogP contribution in [0.5, 0.6) is 11.5 Å². The van der Waals surface area contributed by atoms with Crippen LogP contribution in [0.15, 0.2) is 42.5 Å². The summed E-state index contributed by atoms with van der Waals surface area (Å²) in [5, 5.41) is 5.61. The van der Waals surface area contributed by atoms with Gasteiger partial charge < -0.3 is 20.1 Å². The lowest BCUT2D eigenvalue weighted by Crippen LogP contribution is -2.42. The van der Waals surface area contributed by atoms with Gasteiger partial charge in [-0.1, -0.05) is 29.8 Å². The van der Waals surface area contributed by atoms with Gasteiger partial charge in [0.25, 0.3) is 5.91 Å². The minimum absolute atomic E-state index is 0.347. The van der Waals surface area contributed by atoms with E-state index < -0.39 is 29.9 Å². The van der Waals surface area contributed by atoms with Crippen molar-refractivity contribution in [2.24, 2.45) is 0 Å². The highest BCUT2D eigenvalue weighted by atomic mass is 35.5. The van der Waals surface area contributed by atoms with Crippen LogP contribution in [0, 0.1) is 0 Å². The van der Waals surface area contributed by atoms with Crippen LogP contribution in [0.1, 0.15) is 12.5 Å². The van der Waals surface area contributed by atoms with E-state index in [2.05, 4.69) is 10.6 Å². The molecule has 0 aliphatic carbocycles. The SMILES string of the molecule is COc1ccc(NC(=O)CN2C(=O)NC(C)(c3ccccc3Cl)C2=O)cc1OC. The molecule has 0 aromatic heterocycles. The Morgan fingerprint density at radius 3 is 2.48 bits per heavy atom. The second-order valence-corrected chi connectivity index (χ2v) is 6.95. The molecule has 1 saturated heterocycles. The average Bonchev–Trinajstić information content (AvgIpc) is 2.91. The monoisotopic (exact) mass is 417 g/mol. The number of nitrogens with one attached hydrogen (secondary N) is 2. The summed E-state index contributed by atoms with van der Waals surface area (Å²) >= 11 is 6.20. The summed E-state index contributed by atoms with van der Waals surface area (Å²) in [6.07, 6.45) is 0. The van der Waals surface area contributed by atoms with E-state index in [1.165, 1.54) is 14.2 Å². The van der Waals surface area contributed by atoms with Gasteiger partial charge in [-0.2, -0.15) is 0 Å². The van der Waals surface area contributed by atoms with Crippen LogP contribution in [0.2, 0.25) is 5.02 Å². The Hall–Kier alpha value is -3.26. The molecule has 2 N–H and O–H groups in total. The number of nitrogens with zero attached hydrogens (tertiary/aromatic N) is 1. The third-order valence-corrected chi connectivity index (χ3v) is 4.99. The molecule has 4 amide bonds. The van der Waals surface area contributed by atoms with Crippen molar-refractivity contribution < 1.29 is 23.9 Å². The summed E-state index contributed by atoms with van der Waals surface area (Å²) < 4.78 is 10.3. The molecule has 8 nitrogen and oxygen atoms in total. The molecule has 0 bridgehead atoms. The van der Waals surface area contributed by atoms with E-state index in [0.717, 1.165) is 4.90 Å². The first-order chi connectivity index (χ1) is 13.8. The molecule has 3 rings (SSSR count). The predicted octanol–water partition coefficient (Wildman–Crippen LogP) is 2.76. The molecule has 1 aliphatic heterocycles. The predicted molar refractivity (Wildman–Crippen MR) is 107 cm³/mol. The maximum Gasteiger partial charge on any atom is 0.325 e. The lowest BCUT2D eigenvalue weighted by Gasteiger charge is -2.23. The number of rotatable bonds is 6. The van der Waals surface area contributed by atoms with E-state index >= 15 is 0 Å². The maximum absolute atomic E-state index is 12.9. The van der Waals surface area contributed by atoms with Gasteiger partial charge >= 0.3 is 6.03 Å². The molecular weight excluding hydrogens is 398 g/mol. The lowest BCUT2D eigenvalue weighted by molar-refractivity contribution is -0.133. The van der Waals surface area contributed by atoms with Gasteiger partial charge in [0.2, 0.25) is 5.91 Å². The highest BCUT2D eigenvalue weighted by Crippen LogP contribution is 2.33. The van der Waals surface area contributed by atoms with E-state index in [0.29, 0.717) is 27.8 Å². The van der Waals surface area contributed by atoms with E-state index in [9.17, 15) is 14.4 Å². The van der Waals surface area contributed by atoms with E-state index in [4.69, 9.17) is 21.1 Å². The zero-order chi connectivity index (χ0) is 21.2. The van der Waals surface area contributed by atoms with Gasteiger partial charge in [-0.3, -0.25) is 14.5 Å². The van der Waals surface area contributed by atoms with Crippen molar-refractivity contribution in [1.29, 1.82) is 0 Å². The fourth-order valence-corrected chi connectivity index (χ4v) is 3.47. The summed E-state index contributed by atoms with van der Waals surface area (Å²) in [4.78, 5) is 38.6. The van der Waals surface area contributed by atoms with Crippen LogP contribution in [0.4, 0.5) is 10.5 Å². The molecule has 29 heavy (non-hydrogen) atoms. The molecule has 9 heteroatoms. The zero-order valence-electron chi connectivity index (χ0n) is 16.1. The van der Waals surface area contributed by atoms with Crippen LogP contribution in [0.3, 0.4) is 0 Å². The third-order valence-electron chi connectivity index (χ3n) is 4.66. The molecule has 1 unspecified atom stereocenters. The van der Waals surface area contributed by atoms with Gasteiger partial charge in [-0.05, 0) is 25.1 Å². The minimum atomic E-state index is -1.35. The Morgan fingerprint density at radius 2 is 1.83 bits per heavy atom. The van der Waals surface area contributed by atoms with Crippen LogP contribution >= 0.6 is 11.6 Å². The maximum atomic E-state index is 12.9. The molecule has 1 aliphatic rings. The number of methoxy groups -OCH3 is 2. The highest BCUT2D eigenvalue weighted by molar-refractivity contribution is 6.32. The Kier molecular flexibility index (Phi) is 5.65. The van der Waals surface area contributed by atoms with Crippen LogP contribution in [0.25, 0.3) is 0 Å². The second-order valence-electron chi connectivity index (χ2n) is 6.54. The van der Waals surface area contributed by atoms with E-state index in [1.807, 2.05) is 0 Å². The molecule has 1 heterocycles. The summed E-state index contributed by atoms with van der Waals surface area (Å²) in [6.45, 7) is 1.11. The minimum Gasteiger partial charge on any atom is -0.493 e.